The van der Waals surface area contributed by atoms with Crippen molar-refractivity contribution < 1.29 is 23.8 Å². The van der Waals surface area contributed by atoms with Crippen LogP contribution in [0.4, 0.5) is 11.4 Å². The van der Waals surface area contributed by atoms with Crippen molar-refractivity contribution in [3.05, 3.63) is 81.3 Å². The third kappa shape index (κ3) is 7.25. The van der Waals surface area contributed by atoms with Gasteiger partial charge in [-0.15, -0.1) is 0 Å². The molecule has 0 atom stereocenters. The van der Waals surface area contributed by atoms with Crippen molar-refractivity contribution in [3.8, 4) is 23.3 Å². The van der Waals surface area contributed by atoms with Crippen LogP contribution in [0.15, 0.2) is 70.7 Å². The highest BCUT2D eigenvalue weighted by Crippen LogP contribution is 2.37. The highest BCUT2D eigenvalue weighted by molar-refractivity contribution is 9.10. The molecule has 0 heterocycles. The largest absolute Gasteiger partial charge is 0.497 e. The van der Waals surface area contributed by atoms with E-state index in [9.17, 15) is 14.9 Å². The van der Waals surface area contributed by atoms with Crippen LogP contribution in [0.1, 0.15) is 5.56 Å². The predicted octanol–water partition coefficient (Wildman–Crippen LogP) is 5.68. The zero-order chi connectivity index (χ0) is 26.1. The van der Waals surface area contributed by atoms with Gasteiger partial charge in [0.05, 0.1) is 18.7 Å². The van der Waals surface area contributed by atoms with Crippen molar-refractivity contribution in [1.82, 2.24) is 0 Å². The molecule has 0 aliphatic rings. The second-order valence-corrected chi connectivity index (χ2v) is 8.52. The minimum atomic E-state index is -0.592. The molecule has 0 aliphatic heterocycles. The van der Waals surface area contributed by atoms with Crippen LogP contribution in [0.5, 0.6) is 17.2 Å². The first-order valence-corrected chi connectivity index (χ1v) is 11.6. The number of ether oxygens (including phenoxy) is 3. The predicted molar refractivity (Wildman–Crippen MR) is 141 cm³/mol. The summed E-state index contributed by atoms with van der Waals surface area (Å²) in [5, 5.41) is 15.3. The quantitative estimate of drug-likeness (QED) is 0.253. The minimum Gasteiger partial charge on any atom is -0.497 e. The van der Waals surface area contributed by atoms with Gasteiger partial charge in [0.1, 0.15) is 17.4 Å². The summed E-state index contributed by atoms with van der Waals surface area (Å²) in [6.45, 7) is -0.276. The van der Waals surface area contributed by atoms with Gasteiger partial charge in [-0.2, -0.15) is 5.26 Å². The molecule has 2 amide bonds. The van der Waals surface area contributed by atoms with E-state index < -0.39 is 5.91 Å². The summed E-state index contributed by atoms with van der Waals surface area (Å²) < 4.78 is 16.6. The summed E-state index contributed by atoms with van der Waals surface area (Å²) in [6, 6.07) is 18.6. The molecule has 184 valence electrons. The number of amides is 2. The maximum Gasteiger partial charge on any atom is 0.266 e. The molecule has 8 nitrogen and oxygen atoms in total. The van der Waals surface area contributed by atoms with Crippen LogP contribution >= 0.6 is 27.5 Å². The number of nitriles is 1. The molecule has 0 radical (unpaired) electrons. The number of hydrogen-bond acceptors (Lipinski definition) is 6. The summed E-state index contributed by atoms with van der Waals surface area (Å²) >= 11 is 9.35. The van der Waals surface area contributed by atoms with Gasteiger partial charge < -0.3 is 24.8 Å². The number of halogens is 2. The van der Waals surface area contributed by atoms with E-state index in [0.29, 0.717) is 43.7 Å². The third-order valence-corrected chi connectivity index (χ3v) is 5.56. The number of anilines is 2. The molecule has 0 aliphatic carbocycles. The molecule has 0 aromatic heterocycles. The number of benzene rings is 3. The Morgan fingerprint density at radius 2 is 1.78 bits per heavy atom. The number of rotatable bonds is 9. The molecule has 0 unspecified atom stereocenters. The minimum absolute atomic E-state index is 0.128. The molecule has 0 saturated heterocycles. The first-order chi connectivity index (χ1) is 17.3. The van der Waals surface area contributed by atoms with Crippen molar-refractivity contribution >= 4 is 56.8 Å². The Morgan fingerprint density at radius 3 is 2.42 bits per heavy atom. The molecule has 36 heavy (non-hydrogen) atoms. The van der Waals surface area contributed by atoms with Crippen LogP contribution in [-0.4, -0.2) is 32.6 Å². The molecule has 0 fully saturated rings. The fraction of sp³-hybridized carbons (Fsp3) is 0.115. The number of hydrogen-bond donors (Lipinski definition) is 2. The van der Waals surface area contributed by atoms with Crippen molar-refractivity contribution in [2.75, 3.05) is 31.5 Å². The van der Waals surface area contributed by atoms with E-state index in [1.165, 1.54) is 13.2 Å². The molecule has 0 spiro atoms. The Bertz CT molecular complexity index is 1340. The van der Waals surface area contributed by atoms with Gasteiger partial charge in [-0.25, -0.2) is 0 Å². The zero-order valence-corrected chi connectivity index (χ0v) is 21.6. The number of methoxy groups -OCH3 is 2. The smallest absolute Gasteiger partial charge is 0.266 e. The van der Waals surface area contributed by atoms with Crippen molar-refractivity contribution in [2.45, 2.75) is 0 Å². The summed E-state index contributed by atoms with van der Waals surface area (Å²) in [5.74, 6) is 0.309. The maximum absolute atomic E-state index is 12.6. The van der Waals surface area contributed by atoms with E-state index in [1.807, 2.05) is 6.07 Å². The first-order valence-electron chi connectivity index (χ1n) is 10.5. The molecule has 2 N–H and O–H groups in total. The first kappa shape index (κ1) is 26.6. The highest BCUT2D eigenvalue weighted by atomic mass is 79.9. The van der Waals surface area contributed by atoms with E-state index in [1.54, 1.807) is 67.8 Å². The van der Waals surface area contributed by atoms with Crippen LogP contribution in [0.3, 0.4) is 0 Å². The maximum atomic E-state index is 12.6. The monoisotopic (exact) mass is 569 g/mol. The van der Waals surface area contributed by atoms with Crippen LogP contribution in [0.25, 0.3) is 6.08 Å². The summed E-state index contributed by atoms with van der Waals surface area (Å²) in [6.07, 6.45) is 1.41. The second-order valence-electron chi connectivity index (χ2n) is 7.23. The molecule has 0 bridgehead atoms. The lowest BCUT2D eigenvalue weighted by molar-refractivity contribution is -0.118. The van der Waals surface area contributed by atoms with Gasteiger partial charge >= 0.3 is 0 Å². The van der Waals surface area contributed by atoms with Crippen molar-refractivity contribution in [2.24, 2.45) is 0 Å². The average molecular weight is 571 g/mol. The SMILES string of the molecule is COc1ccc(NC(=O)COc2c(Br)cc(/C=C(/C#N)C(=O)Nc3cccc(Cl)c3)cc2OC)cc1. The lowest BCUT2D eigenvalue weighted by atomic mass is 10.1. The summed E-state index contributed by atoms with van der Waals surface area (Å²) in [5.41, 5.74) is 1.43. The summed E-state index contributed by atoms with van der Waals surface area (Å²) in [4.78, 5) is 24.9. The molecule has 0 saturated carbocycles. The lowest BCUT2D eigenvalue weighted by Crippen LogP contribution is -2.20. The standard InChI is InChI=1S/C26H21BrClN3O5/c1-34-21-8-6-19(7-9-21)30-24(32)15-36-25-22(27)11-16(12-23(25)35-2)10-17(14-29)26(33)31-20-5-3-4-18(28)13-20/h3-13H,15H2,1-2H3,(H,30,32)(H,31,33)/b17-10-. The van der Waals surface area contributed by atoms with Gasteiger partial charge in [0.2, 0.25) is 0 Å². The van der Waals surface area contributed by atoms with E-state index in [0.717, 1.165) is 0 Å². The molecule has 3 rings (SSSR count). The topological polar surface area (TPSA) is 110 Å². The van der Waals surface area contributed by atoms with Gasteiger partial charge in [0.25, 0.3) is 11.8 Å². The van der Waals surface area contributed by atoms with Crippen LogP contribution < -0.4 is 24.8 Å². The van der Waals surface area contributed by atoms with Crippen LogP contribution in [0.2, 0.25) is 5.02 Å². The molecule has 3 aromatic rings. The van der Waals surface area contributed by atoms with Crippen LogP contribution in [-0.2, 0) is 9.59 Å². The normalized spacial score (nSPS) is 10.7. The van der Waals surface area contributed by atoms with Crippen molar-refractivity contribution in [1.29, 1.82) is 5.26 Å². The fourth-order valence-corrected chi connectivity index (χ4v) is 3.82. The summed E-state index contributed by atoms with van der Waals surface area (Å²) in [7, 11) is 3.00. The zero-order valence-electron chi connectivity index (χ0n) is 19.3. The van der Waals surface area contributed by atoms with E-state index in [2.05, 4.69) is 26.6 Å². The Hall–Kier alpha value is -4.00. The number of carbonyl (C=O) groups is 2. The highest BCUT2D eigenvalue weighted by Gasteiger charge is 2.15. The average Bonchev–Trinajstić information content (AvgIpc) is 2.86. The van der Waals surface area contributed by atoms with E-state index in [4.69, 9.17) is 25.8 Å². The van der Waals surface area contributed by atoms with Gasteiger partial charge in [0.15, 0.2) is 18.1 Å². The lowest BCUT2D eigenvalue weighted by Gasteiger charge is -2.14. The number of carbonyl (C=O) groups excluding carboxylic acids is 2. The Balaban J connectivity index is 1.72. The van der Waals surface area contributed by atoms with Crippen molar-refractivity contribution in [3.63, 3.8) is 0 Å². The third-order valence-electron chi connectivity index (χ3n) is 4.73. The van der Waals surface area contributed by atoms with Gasteiger partial charge in [-0.05, 0) is 82.2 Å². The molecule has 10 heteroatoms. The van der Waals surface area contributed by atoms with Gasteiger partial charge in [-0.1, -0.05) is 17.7 Å². The number of nitrogens with zero attached hydrogens (tertiary/aromatic N) is 1. The Kier molecular flexibility index (Phi) is 9.33. The molecular weight excluding hydrogens is 550 g/mol. The molecule has 3 aromatic carbocycles. The van der Waals surface area contributed by atoms with Gasteiger partial charge in [-0.3, -0.25) is 9.59 Å². The molecular formula is C26H21BrClN3O5. The van der Waals surface area contributed by atoms with Gasteiger partial charge in [0, 0.05) is 16.4 Å². The van der Waals surface area contributed by atoms with E-state index >= 15 is 0 Å². The Morgan fingerprint density at radius 1 is 1.03 bits per heavy atom. The van der Waals surface area contributed by atoms with Crippen LogP contribution in [0, 0.1) is 11.3 Å². The second kappa shape index (κ2) is 12.6. The van der Waals surface area contributed by atoms with E-state index in [-0.39, 0.29) is 18.1 Å². The Labute approximate surface area is 221 Å². The number of nitrogens with one attached hydrogen (secondary N) is 2. The fourth-order valence-electron chi connectivity index (χ4n) is 3.05.